The van der Waals surface area contributed by atoms with E-state index < -0.39 is 10.0 Å². The van der Waals surface area contributed by atoms with Crippen molar-refractivity contribution in [3.8, 4) is 11.3 Å². The second kappa shape index (κ2) is 7.28. The van der Waals surface area contributed by atoms with Crippen LogP contribution < -0.4 is 4.72 Å². The third-order valence-electron chi connectivity index (χ3n) is 4.19. The maximum atomic E-state index is 12.3. The van der Waals surface area contributed by atoms with Crippen LogP contribution >= 0.6 is 0 Å². The number of aromatic nitrogens is 3. The van der Waals surface area contributed by atoms with Gasteiger partial charge in [0.05, 0.1) is 11.1 Å². The Hall–Kier alpha value is -3.45. The van der Waals surface area contributed by atoms with Crippen LogP contribution in [0, 0.1) is 6.92 Å². The van der Waals surface area contributed by atoms with Crippen LogP contribution in [0.3, 0.4) is 0 Å². The topological polar surface area (TPSA) is 76.4 Å². The van der Waals surface area contributed by atoms with Gasteiger partial charge in [-0.2, -0.15) is 0 Å². The van der Waals surface area contributed by atoms with Crippen LogP contribution in [0.15, 0.2) is 78.6 Å². The molecule has 0 aliphatic heterocycles. The smallest absolute Gasteiger partial charge is 0.255 e. The Balaban J connectivity index is 1.49. The molecule has 140 valence electrons. The van der Waals surface area contributed by atoms with E-state index in [1.807, 2.05) is 66.2 Å². The molecule has 0 aliphatic rings. The summed E-state index contributed by atoms with van der Waals surface area (Å²) in [5.74, 6) is 0.614. The monoisotopic (exact) mass is 390 g/mol. The molecule has 0 spiro atoms. The fourth-order valence-corrected chi connectivity index (χ4v) is 3.59. The normalized spacial score (nSPS) is 11.9. The van der Waals surface area contributed by atoms with Gasteiger partial charge >= 0.3 is 0 Å². The Labute approximate surface area is 163 Å². The summed E-state index contributed by atoms with van der Waals surface area (Å²) in [5, 5.41) is 1.17. The number of sulfonamides is 1. The number of hydrogen-bond acceptors (Lipinski definition) is 4. The number of imidazole rings is 1. The molecule has 0 bridgehead atoms. The summed E-state index contributed by atoms with van der Waals surface area (Å²) in [6.07, 6.45) is 7.02. The van der Waals surface area contributed by atoms with Crippen molar-refractivity contribution >= 4 is 27.6 Å². The molecule has 1 N–H and O–H groups in total. The van der Waals surface area contributed by atoms with Gasteiger partial charge in [0.1, 0.15) is 0 Å². The van der Waals surface area contributed by atoms with Gasteiger partial charge in [-0.15, -0.1) is 0 Å². The van der Waals surface area contributed by atoms with Crippen LogP contribution in [-0.4, -0.2) is 22.8 Å². The quantitative estimate of drug-likeness (QED) is 0.556. The lowest BCUT2D eigenvalue weighted by atomic mass is 10.1. The van der Waals surface area contributed by atoms with Gasteiger partial charge in [-0.25, -0.2) is 18.4 Å². The average molecular weight is 390 g/mol. The number of anilines is 1. The van der Waals surface area contributed by atoms with Crippen LogP contribution in [0.25, 0.3) is 23.1 Å². The molecule has 0 aliphatic carbocycles. The standard InChI is InChI=1S/C21H18N4O2S/c1-16-3-5-17(6-4-16)11-14-28(26,27)24-19-9-7-18(8-10-19)20-15-25-13-2-12-22-21(25)23-20/h2-15,24H,1H3/b14-11+. The second-order valence-corrected chi connectivity index (χ2v) is 7.96. The molecule has 0 saturated heterocycles. The first kappa shape index (κ1) is 17.9. The largest absolute Gasteiger partial charge is 0.291 e. The Morgan fingerprint density at radius 1 is 1.04 bits per heavy atom. The van der Waals surface area contributed by atoms with E-state index in [0.717, 1.165) is 22.4 Å². The Morgan fingerprint density at radius 2 is 1.79 bits per heavy atom. The van der Waals surface area contributed by atoms with Crippen molar-refractivity contribution in [3.05, 3.63) is 89.7 Å². The lowest BCUT2D eigenvalue weighted by molar-refractivity contribution is 0.609. The Morgan fingerprint density at radius 3 is 2.50 bits per heavy atom. The fourth-order valence-electron chi connectivity index (χ4n) is 2.72. The highest BCUT2D eigenvalue weighted by Gasteiger charge is 2.08. The van der Waals surface area contributed by atoms with Gasteiger partial charge in [0.15, 0.2) is 0 Å². The molecule has 2 heterocycles. The number of fused-ring (bicyclic) bond motifs is 1. The summed E-state index contributed by atoms with van der Waals surface area (Å²) in [6, 6.07) is 16.5. The van der Waals surface area contributed by atoms with E-state index in [1.54, 1.807) is 24.4 Å². The van der Waals surface area contributed by atoms with E-state index in [-0.39, 0.29) is 0 Å². The van der Waals surface area contributed by atoms with Crippen molar-refractivity contribution in [2.24, 2.45) is 0 Å². The van der Waals surface area contributed by atoms with Crippen molar-refractivity contribution in [1.82, 2.24) is 14.4 Å². The van der Waals surface area contributed by atoms with Crippen LogP contribution in [0.1, 0.15) is 11.1 Å². The Bertz CT molecular complexity index is 1210. The number of hydrogen-bond donors (Lipinski definition) is 1. The number of rotatable bonds is 5. The summed E-state index contributed by atoms with van der Waals surface area (Å²) in [6.45, 7) is 1.98. The maximum Gasteiger partial charge on any atom is 0.255 e. The highest BCUT2D eigenvalue weighted by Crippen LogP contribution is 2.21. The average Bonchev–Trinajstić information content (AvgIpc) is 3.12. The summed E-state index contributed by atoms with van der Waals surface area (Å²) in [5.41, 5.74) is 4.08. The van der Waals surface area contributed by atoms with E-state index in [2.05, 4.69) is 14.7 Å². The molecule has 0 amide bonds. The van der Waals surface area contributed by atoms with Crippen molar-refractivity contribution in [2.45, 2.75) is 6.92 Å². The fraction of sp³-hybridized carbons (Fsp3) is 0.0476. The van der Waals surface area contributed by atoms with Crippen LogP contribution in [0.4, 0.5) is 5.69 Å². The van der Waals surface area contributed by atoms with Crippen LogP contribution in [-0.2, 0) is 10.0 Å². The van der Waals surface area contributed by atoms with Crippen molar-refractivity contribution in [2.75, 3.05) is 4.72 Å². The zero-order valence-corrected chi connectivity index (χ0v) is 16.0. The first-order chi connectivity index (χ1) is 13.5. The molecule has 0 unspecified atom stereocenters. The molecule has 2 aromatic carbocycles. The molecular formula is C21H18N4O2S. The molecule has 0 saturated carbocycles. The third kappa shape index (κ3) is 4.10. The van der Waals surface area contributed by atoms with Gasteiger partial charge in [0.25, 0.3) is 10.0 Å². The third-order valence-corrected chi connectivity index (χ3v) is 5.21. The summed E-state index contributed by atoms with van der Waals surface area (Å²) >= 11 is 0. The highest BCUT2D eigenvalue weighted by molar-refractivity contribution is 7.95. The predicted octanol–water partition coefficient (Wildman–Crippen LogP) is 4.12. The van der Waals surface area contributed by atoms with Gasteiger partial charge in [0.2, 0.25) is 5.78 Å². The zero-order chi connectivity index (χ0) is 19.6. The van der Waals surface area contributed by atoms with E-state index in [1.165, 1.54) is 5.41 Å². The first-order valence-corrected chi connectivity index (χ1v) is 10.2. The number of nitrogens with zero attached hydrogens (tertiary/aromatic N) is 3. The summed E-state index contributed by atoms with van der Waals surface area (Å²) < 4.78 is 29.0. The van der Waals surface area contributed by atoms with Gasteiger partial charge in [-0.3, -0.25) is 9.12 Å². The molecule has 6 nitrogen and oxygen atoms in total. The Kier molecular flexibility index (Phi) is 4.67. The molecular weight excluding hydrogens is 372 g/mol. The van der Waals surface area contributed by atoms with Crippen LogP contribution in [0.5, 0.6) is 0 Å². The van der Waals surface area contributed by atoms with E-state index in [9.17, 15) is 8.42 Å². The molecule has 0 atom stereocenters. The van der Waals surface area contributed by atoms with Crippen molar-refractivity contribution in [1.29, 1.82) is 0 Å². The molecule has 7 heteroatoms. The lowest BCUT2D eigenvalue weighted by Crippen LogP contribution is -2.08. The first-order valence-electron chi connectivity index (χ1n) is 8.66. The van der Waals surface area contributed by atoms with Crippen LogP contribution in [0.2, 0.25) is 0 Å². The molecule has 4 aromatic rings. The minimum Gasteiger partial charge on any atom is -0.291 e. The number of aryl methyl sites for hydroxylation is 1. The minimum absolute atomic E-state index is 0.485. The lowest BCUT2D eigenvalue weighted by Gasteiger charge is -2.05. The minimum atomic E-state index is -3.60. The maximum absolute atomic E-state index is 12.3. The predicted molar refractivity (Wildman–Crippen MR) is 111 cm³/mol. The van der Waals surface area contributed by atoms with E-state index in [4.69, 9.17) is 0 Å². The van der Waals surface area contributed by atoms with Gasteiger partial charge in [-0.1, -0.05) is 42.0 Å². The van der Waals surface area contributed by atoms with Gasteiger partial charge in [0, 0.05) is 29.8 Å². The summed E-state index contributed by atoms with van der Waals surface area (Å²) in [7, 11) is -3.60. The van der Waals surface area contributed by atoms with Gasteiger partial charge in [-0.05, 0) is 36.8 Å². The van der Waals surface area contributed by atoms with E-state index >= 15 is 0 Å². The number of nitrogens with one attached hydrogen (secondary N) is 1. The molecule has 4 rings (SSSR count). The number of benzene rings is 2. The molecule has 0 fully saturated rings. The highest BCUT2D eigenvalue weighted by atomic mass is 32.2. The van der Waals surface area contributed by atoms with Gasteiger partial charge < -0.3 is 0 Å². The zero-order valence-electron chi connectivity index (χ0n) is 15.1. The molecule has 0 radical (unpaired) electrons. The summed E-state index contributed by atoms with van der Waals surface area (Å²) in [4.78, 5) is 8.65. The SMILES string of the molecule is Cc1ccc(/C=C/S(=O)(=O)Nc2ccc(-c3cn4cccnc4n3)cc2)cc1. The van der Waals surface area contributed by atoms with Crippen molar-refractivity contribution in [3.63, 3.8) is 0 Å². The second-order valence-electron chi connectivity index (χ2n) is 6.39. The van der Waals surface area contributed by atoms with E-state index in [0.29, 0.717) is 11.5 Å². The molecule has 28 heavy (non-hydrogen) atoms. The van der Waals surface area contributed by atoms with Crippen molar-refractivity contribution < 1.29 is 8.42 Å². The molecule has 2 aromatic heterocycles.